The number of carboxylic acids is 1. The Bertz CT molecular complexity index is 600. The Morgan fingerprint density at radius 2 is 2.20 bits per heavy atom. The molecule has 1 N–H and O–H groups in total. The fourth-order valence-electron chi connectivity index (χ4n) is 1.84. The van der Waals surface area contributed by atoms with Gasteiger partial charge in [-0.2, -0.15) is 0 Å². The number of thiazole rings is 1. The number of nitrogens with zero attached hydrogens (tertiary/aromatic N) is 2. The minimum atomic E-state index is -0.826. The van der Waals surface area contributed by atoms with E-state index in [4.69, 9.17) is 16.7 Å². The first-order valence-electron chi connectivity index (χ1n) is 6.23. The van der Waals surface area contributed by atoms with Crippen LogP contribution in [0.4, 0.5) is 0 Å². The first-order chi connectivity index (χ1) is 9.60. The van der Waals surface area contributed by atoms with Crippen molar-refractivity contribution in [3.63, 3.8) is 0 Å². The summed E-state index contributed by atoms with van der Waals surface area (Å²) in [5, 5.41) is 12.3. The first-order valence-corrected chi connectivity index (χ1v) is 7.49. The summed E-state index contributed by atoms with van der Waals surface area (Å²) in [4.78, 5) is 17.1. The van der Waals surface area contributed by atoms with Crippen LogP contribution in [0.1, 0.15) is 12.6 Å². The zero-order chi connectivity index (χ0) is 14.5. The number of hydrogen-bond donors (Lipinski definition) is 1. The van der Waals surface area contributed by atoms with Crippen LogP contribution in [0.25, 0.3) is 10.6 Å². The highest BCUT2D eigenvalue weighted by Crippen LogP contribution is 2.30. The van der Waals surface area contributed by atoms with E-state index in [1.54, 1.807) is 0 Å². The number of likely N-dealkylation sites (N-methyl/N-ethyl adjacent to an activating group) is 1. The summed E-state index contributed by atoms with van der Waals surface area (Å²) in [5.41, 5.74) is 1.78. The van der Waals surface area contributed by atoms with Crippen LogP contribution in [0.5, 0.6) is 0 Å². The van der Waals surface area contributed by atoms with E-state index < -0.39 is 5.97 Å². The van der Waals surface area contributed by atoms with Crippen LogP contribution in [0, 0.1) is 0 Å². The van der Waals surface area contributed by atoms with Gasteiger partial charge in [0.2, 0.25) is 0 Å². The Morgan fingerprint density at radius 1 is 1.45 bits per heavy atom. The van der Waals surface area contributed by atoms with Crippen LogP contribution in [0.15, 0.2) is 29.6 Å². The SMILES string of the molecule is CCN(CC(=O)O)Cc1csc(-c2ccccc2Cl)n1. The quantitative estimate of drug-likeness (QED) is 0.889. The second kappa shape index (κ2) is 6.83. The maximum atomic E-state index is 10.8. The molecule has 2 rings (SSSR count). The Kier molecular flexibility index (Phi) is 5.11. The van der Waals surface area contributed by atoms with Gasteiger partial charge in [-0.1, -0.05) is 36.7 Å². The van der Waals surface area contributed by atoms with Crippen LogP contribution >= 0.6 is 22.9 Å². The van der Waals surface area contributed by atoms with E-state index in [0.717, 1.165) is 16.3 Å². The fourth-order valence-corrected chi connectivity index (χ4v) is 2.97. The average Bonchev–Trinajstić information content (AvgIpc) is 2.86. The lowest BCUT2D eigenvalue weighted by Crippen LogP contribution is -2.29. The molecule has 0 aliphatic rings. The Labute approximate surface area is 126 Å². The average molecular weight is 311 g/mol. The third-order valence-electron chi connectivity index (χ3n) is 2.85. The van der Waals surface area contributed by atoms with Gasteiger partial charge >= 0.3 is 5.97 Å². The number of carbonyl (C=O) groups is 1. The normalized spacial score (nSPS) is 10.9. The molecule has 0 saturated carbocycles. The van der Waals surface area contributed by atoms with Crippen LogP contribution < -0.4 is 0 Å². The topological polar surface area (TPSA) is 53.4 Å². The van der Waals surface area contributed by atoms with Crippen LogP contribution in [-0.2, 0) is 11.3 Å². The molecule has 0 bridgehead atoms. The molecule has 0 amide bonds. The van der Waals surface area contributed by atoms with Crippen molar-refractivity contribution in [1.29, 1.82) is 0 Å². The highest BCUT2D eigenvalue weighted by Gasteiger charge is 2.12. The lowest BCUT2D eigenvalue weighted by Gasteiger charge is -2.16. The molecule has 4 nitrogen and oxygen atoms in total. The number of halogens is 1. The smallest absolute Gasteiger partial charge is 0.317 e. The molecule has 0 aliphatic heterocycles. The molecule has 0 unspecified atom stereocenters. The molecular weight excluding hydrogens is 296 g/mol. The number of aliphatic carboxylic acids is 1. The molecule has 1 heterocycles. The van der Waals surface area contributed by atoms with Crippen molar-refractivity contribution in [2.45, 2.75) is 13.5 Å². The predicted octanol–water partition coefficient (Wildman–Crippen LogP) is 3.37. The van der Waals surface area contributed by atoms with E-state index in [9.17, 15) is 4.79 Å². The second-order valence-corrected chi connectivity index (χ2v) is 5.59. The lowest BCUT2D eigenvalue weighted by atomic mass is 10.2. The Morgan fingerprint density at radius 3 is 2.85 bits per heavy atom. The zero-order valence-electron chi connectivity index (χ0n) is 11.0. The van der Waals surface area contributed by atoms with Gasteiger partial charge in [-0.05, 0) is 12.6 Å². The van der Waals surface area contributed by atoms with Crippen molar-refractivity contribution in [2.24, 2.45) is 0 Å². The van der Waals surface area contributed by atoms with E-state index >= 15 is 0 Å². The monoisotopic (exact) mass is 310 g/mol. The van der Waals surface area contributed by atoms with E-state index in [2.05, 4.69) is 4.98 Å². The van der Waals surface area contributed by atoms with Gasteiger partial charge in [0.15, 0.2) is 0 Å². The summed E-state index contributed by atoms with van der Waals surface area (Å²) >= 11 is 7.67. The molecule has 0 radical (unpaired) electrons. The highest BCUT2D eigenvalue weighted by atomic mass is 35.5. The molecule has 106 valence electrons. The highest BCUT2D eigenvalue weighted by molar-refractivity contribution is 7.13. The molecule has 0 saturated heterocycles. The predicted molar refractivity (Wildman–Crippen MR) is 81.1 cm³/mol. The molecule has 1 aromatic carbocycles. The minimum absolute atomic E-state index is 0.0233. The summed E-state index contributed by atoms with van der Waals surface area (Å²) < 4.78 is 0. The van der Waals surface area contributed by atoms with Gasteiger partial charge < -0.3 is 5.11 Å². The molecule has 20 heavy (non-hydrogen) atoms. The standard InChI is InChI=1S/C14H15ClN2O2S/c1-2-17(8-13(18)19)7-10-9-20-14(16-10)11-5-3-4-6-12(11)15/h3-6,9H,2,7-8H2,1H3,(H,18,19). The van der Waals surface area contributed by atoms with Crippen molar-refractivity contribution in [3.05, 3.63) is 40.4 Å². The maximum absolute atomic E-state index is 10.8. The number of benzene rings is 1. The van der Waals surface area contributed by atoms with E-state index in [-0.39, 0.29) is 6.54 Å². The van der Waals surface area contributed by atoms with Crippen LogP contribution in [-0.4, -0.2) is 34.0 Å². The van der Waals surface area contributed by atoms with E-state index in [1.807, 2.05) is 41.5 Å². The van der Waals surface area contributed by atoms with Crippen molar-refractivity contribution in [2.75, 3.05) is 13.1 Å². The van der Waals surface area contributed by atoms with Gasteiger partial charge in [0, 0.05) is 17.5 Å². The van der Waals surface area contributed by atoms with Crippen molar-refractivity contribution in [1.82, 2.24) is 9.88 Å². The molecule has 0 fully saturated rings. The van der Waals surface area contributed by atoms with Gasteiger partial charge in [-0.25, -0.2) is 4.98 Å². The summed E-state index contributed by atoms with van der Waals surface area (Å²) in [6.45, 7) is 3.16. The summed E-state index contributed by atoms with van der Waals surface area (Å²) in [5.74, 6) is -0.826. The second-order valence-electron chi connectivity index (χ2n) is 4.32. The summed E-state index contributed by atoms with van der Waals surface area (Å²) in [6, 6.07) is 7.57. The van der Waals surface area contributed by atoms with Gasteiger partial charge in [0.05, 0.1) is 17.3 Å². The van der Waals surface area contributed by atoms with Crippen LogP contribution in [0.3, 0.4) is 0 Å². The number of carboxylic acid groups (broad SMARTS) is 1. The molecular formula is C14H15ClN2O2S. The maximum Gasteiger partial charge on any atom is 0.317 e. The molecule has 0 aliphatic carbocycles. The summed E-state index contributed by atoms with van der Waals surface area (Å²) in [7, 11) is 0. The third-order valence-corrected chi connectivity index (χ3v) is 4.10. The Hall–Kier alpha value is -1.43. The Balaban J connectivity index is 2.13. The van der Waals surface area contributed by atoms with Gasteiger partial charge in [0.25, 0.3) is 0 Å². The van der Waals surface area contributed by atoms with Gasteiger partial charge in [-0.15, -0.1) is 11.3 Å². The van der Waals surface area contributed by atoms with Gasteiger partial charge in [0.1, 0.15) is 5.01 Å². The van der Waals surface area contributed by atoms with Crippen molar-refractivity contribution >= 4 is 28.9 Å². The van der Waals surface area contributed by atoms with E-state index in [0.29, 0.717) is 18.1 Å². The molecule has 2 aromatic rings. The first kappa shape index (κ1) is 15.0. The molecule has 0 spiro atoms. The lowest BCUT2D eigenvalue weighted by molar-refractivity contribution is -0.138. The molecule has 6 heteroatoms. The minimum Gasteiger partial charge on any atom is -0.480 e. The number of aromatic nitrogens is 1. The largest absolute Gasteiger partial charge is 0.480 e. The molecule has 0 atom stereocenters. The van der Waals surface area contributed by atoms with Gasteiger partial charge in [-0.3, -0.25) is 9.69 Å². The third kappa shape index (κ3) is 3.79. The number of hydrogen-bond acceptors (Lipinski definition) is 4. The molecule has 1 aromatic heterocycles. The van der Waals surface area contributed by atoms with Crippen LogP contribution in [0.2, 0.25) is 5.02 Å². The zero-order valence-corrected chi connectivity index (χ0v) is 12.6. The fraction of sp³-hybridized carbons (Fsp3) is 0.286. The van der Waals surface area contributed by atoms with Crippen molar-refractivity contribution in [3.8, 4) is 10.6 Å². The summed E-state index contributed by atoms with van der Waals surface area (Å²) in [6.07, 6.45) is 0. The van der Waals surface area contributed by atoms with E-state index in [1.165, 1.54) is 11.3 Å². The number of rotatable bonds is 6. The van der Waals surface area contributed by atoms with Crippen molar-refractivity contribution < 1.29 is 9.90 Å².